The van der Waals surface area contributed by atoms with Gasteiger partial charge in [-0.2, -0.15) is 5.26 Å². The van der Waals surface area contributed by atoms with Crippen molar-refractivity contribution in [3.05, 3.63) is 0 Å². The standard InChI is InChI=1S/C17H34N4/c1-5-8-19-17(4,15-18)7-6-9-20-10-12-21(13-11-20)14-16(2)3/h16,19H,5-14H2,1-4H3. The first-order valence-electron chi connectivity index (χ1n) is 8.60. The second-order valence-corrected chi connectivity index (χ2v) is 7.01. The van der Waals surface area contributed by atoms with E-state index in [1.54, 1.807) is 0 Å². The summed E-state index contributed by atoms with van der Waals surface area (Å²) in [5.41, 5.74) is -0.352. The van der Waals surface area contributed by atoms with E-state index in [-0.39, 0.29) is 5.54 Å². The Morgan fingerprint density at radius 2 is 1.81 bits per heavy atom. The summed E-state index contributed by atoms with van der Waals surface area (Å²) in [6.45, 7) is 16.8. The molecule has 1 atom stereocenters. The molecule has 0 radical (unpaired) electrons. The van der Waals surface area contributed by atoms with Crippen LogP contribution in [0.25, 0.3) is 0 Å². The molecule has 0 aromatic rings. The molecule has 1 fully saturated rings. The lowest BCUT2D eigenvalue weighted by atomic mass is 9.97. The third-order valence-corrected chi connectivity index (χ3v) is 4.25. The maximum Gasteiger partial charge on any atom is 0.103 e. The van der Waals surface area contributed by atoms with Gasteiger partial charge in [-0.3, -0.25) is 5.32 Å². The molecule has 0 aliphatic carbocycles. The summed E-state index contributed by atoms with van der Waals surface area (Å²) in [5.74, 6) is 0.762. The summed E-state index contributed by atoms with van der Waals surface area (Å²) in [6.07, 6.45) is 3.12. The van der Waals surface area contributed by atoms with Crippen LogP contribution in [0.5, 0.6) is 0 Å². The molecule has 21 heavy (non-hydrogen) atoms. The maximum atomic E-state index is 9.33. The van der Waals surface area contributed by atoms with Gasteiger partial charge in [0.05, 0.1) is 6.07 Å². The second kappa shape index (κ2) is 9.40. The van der Waals surface area contributed by atoms with Crippen molar-refractivity contribution in [2.75, 3.05) is 45.8 Å². The molecule has 0 bridgehead atoms. The van der Waals surface area contributed by atoms with E-state index in [0.717, 1.165) is 38.3 Å². The average Bonchev–Trinajstić information content (AvgIpc) is 2.46. The Bertz CT molecular complexity index is 315. The van der Waals surface area contributed by atoms with Crippen LogP contribution in [0.2, 0.25) is 0 Å². The minimum absolute atomic E-state index is 0.352. The Hall–Kier alpha value is -0.630. The molecule has 0 aromatic carbocycles. The van der Waals surface area contributed by atoms with Crippen LogP contribution < -0.4 is 5.32 Å². The maximum absolute atomic E-state index is 9.33. The molecule has 0 saturated carbocycles. The molecule has 0 spiro atoms. The lowest BCUT2D eigenvalue weighted by molar-refractivity contribution is 0.119. The van der Waals surface area contributed by atoms with E-state index in [9.17, 15) is 5.26 Å². The third kappa shape index (κ3) is 7.26. The van der Waals surface area contributed by atoms with Gasteiger partial charge in [0.25, 0.3) is 0 Å². The van der Waals surface area contributed by atoms with Gasteiger partial charge in [-0.15, -0.1) is 0 Å². The summed E-state index contributed by atoms with van der Waals surface area (Å²) < 4.78 is 0. The minimum Gasteiger partial charge on any atom is -0.301 e. The van der Waals surface area contributed by atoms with Crippen molar-refractivity contribution in [3.8, 4) is 6.07 Å². The van der Waals surface area contributed by atoms with Crippen LogP contribution in [-0.2, 0) is 0 Å². The van der Waals surface area contributed by atoms with Crippen molar-refractivity contribution in [2.24, 2.45) is 5.92 Å². The first kappa shape index (κ1) is 18.4. The van der Waals surface area contributed by atoms with Crippen molar-refractivity contribution < 1.29 is 0 Å². The van der Waals surface area contributed by atoms with Crippen LogP contribution in [0.15, 0.2) is 0 Å². The molecular weight excluding hydrogens is 260 g/mol. The van der Waals surface area contributed by atoms with E-state index in [4.69, 9.17) is 0 Å². The first-order valence-corrected chi connectivity index (χ1v) is 8.60. The molecule has 1 unspecified atom stereocenters. The number of piperazine rings is 1. The van der Waals surface area contributed by atoms with Crippen LogP contribution in [-0.4, -0.2) is 61.2 Å². The number of hydrogen-bond donors (Lipinski definition) is 1. The summed E-state index contributed by atoms with van der Waals surface area (Å²) in [4.78, 5) is 5.12. The van der Waals surface area contributed by atoms with Gasteiger partial charge in [0, 0.05) is 32.7 Å². The number of hydrogen-bond acceptors (Lipinski definition) is 4. The van der Waals surface area contributed by atoms with Crippen molar-refractivity contribution in [2.45, 2.75) is 52.5 Å². The van der Waals surface area contributed by atoms with E-state index < -0.39 is 0 Å². The first-order chi connectivity index (χ1) is 9.99. The molecule has 1 aliphatic heterocycles. The fourth-order valence-corrected chi connectivity index (χ4v) is 2.95. The Labute approximate surface area is 131 Å². The summed E-state index contributed by atoms with van der Waals surface area (Å²) in [7, 11) is 0. The molecule has 1 rings (SSSR count). The monoisotopic (exact) mass is 294 g/mol. The Morgan fingerprint density at radius 1 is 1.19 bits per heavy atom. The minimum atomic E-state index is -0.352. The van der Waals surface area contributed by atoms with Gasteiger partial charge < -0.3 is 9.80 Å². The molecule has 122 valence electrons. The molecule has 4 nitrogen and oxygen atoms in total. The van der Waals surface area contributed by atoms with Gasteiger partial charge in [-0.25, -0.2) is 0 Å². The zero-order chi connectivity index (χ0) is 15.7. The van der Waals surface area contributed by atoms with E-state index in [0.29, 0.717) is 0 Å². The third-order valence-electron chi connectivity index (χ3n) is 4.25. The molecule has 4 heteroatoms. The number of rotatable bonds is 9. The number of nitrogens with one attached hydrogen (secondary N) is 1. The molecule has 1 aliphatic rings. The normalized spacial score (nSPS) is 20.4. The highest BCUT2D eigenvalue weighted by molar-refractivity contribution is 5.03. The van der Waals surface area contributed by atoms with Crippen LogP contribution >= 0.6 is 0 Å². The molecule has 0 amide bonds. The average molecular weight is 294 g/mol. The fourth-order valence-electron chi connectivity index (χ4n) is 2.95. The lowest BCUT2D eigenvalue weighted by Crippen LogP contribution is -2.48. The Balaban J connectivity index is 2.20. The fraction of sp³-hybridized carbons (Fsp3) is 0.941. The van der Waals surface area contributed by atoms with Gasteiger partial charge in [-0.1, -0.05) is 20.8 Å². The summed E-state index contributed by atoms with van der Waals surface area (Å²) in [6, 6.07) is 2.44. The topological polar surface area (TPSA) is 42.3 Å². The van der Waals surface area contributed by atoms with Gasteiger partial charge >= 0.3 is 0 Å². The van der Waals surface area contributed by atoms with Gasteiger partial charge in [0.1, 0.15) is 5.54 Å². The molecule has 0 aromatic heterocycles. The molecular formula is C17H34N4. The van der Waals surface area contributed by atoms with E-state index in [1.807, 2.05) is 6.92 Å². The Kier molecular flexibility index (Phi) is 8.24. The van der Waals surface area contributed by atoms with Crippen molar-refractivity contribution in [1.29, 1.82) is 5.26 Å². The molecule has 1 saturated heterocycles. The SMILES string of the molecule is CCCNC(C)(C#N)CCCN1CCN(CC(C)C)CC1. The zero-order valence-corrected chi connectivity index (χ0v) is 14.5. The van der Waals surface area contributed by atoms with E-state index in [1.165, 1.54) is 32.7 Å². The molecule has 1 heterocycles. The van der Waals surface area contributed by atoms with E-state index in [2.05, 4.69) is 42.0 Å². The predicted molar refractivity (Wildman–Crippen MR) is 89.3 cm³/mol. The second-order valence-electron chi connectivity index (χ2n) is 7.01. The summed E-state index contributed by atoms with van der Waals surface area (Å²) in [5, 5.41) is 12.7. The smallest absolute Gasteiger partial charge is 0.103 e. The predicted octanol–water partition coefficient (Wildman–Crippen LogP) is 2.32. The van der Waals surface area contributed by atoms with Crippen LogP contribution in [0.1, 0.15) is 47.0 Å². The highest BCUT2D eigenvalue weighted by Gasteiger charge is 2.23. The quantitative estimate of drug-likeness (QED) is 0.709. The van der Waals surface area contributed by atoms with Crippen molar-refractivity contribution in [3.63, 3.8) is 0 Å². The highest BCUT2D eigenvalue weighted by atomic mass is 15.3. The van der Waals surface area contributed by atoms with Crippen LogP contribution in [0.4, 0.5) is 0 Å². The van der Waals surface area contributed by atoms with Gasteiger partial charge in [0.2, 0.25) is 0 Å². The zero-order valence-electron chi connectivity index (χ0n) is 14.5. The molecule has 1 N–H and O–H groups in total. The van der Waals surface area contributed by atoms with Crippen LogP contribution in [0, 0.1) is 17.2 Å². The number of nitrogens with zero attached hydrogens (tertiary/aromatic N) is 3. The van der Waals surface area contributed by atoms with Crippen molar-refractivity contribution >= 4 is 0 Å². The highest BCUT2D eigenvalue weighted by Crippen LogP contribution is 2.13. The number of nitriles is 1. The lowest BCUT2D eigenvalue weighted by Gasteiger charge is -2.36. The van der Waals surface area contributed by atoms with Crippen molar-refractivity contribution in [1.82, 2.24) is 15.1 Å². The Morgan fingerprint density at radius 3 is 2.33 bits per heavy atom. The van der Waals surface area contributed by atoms with Gasteiger partial charge in [0.15, 0.2) is 0 Å². The van der Waals surface area contributed by atoms with E-state index >= 15 is 0 Å². The largest absolute Gasteiger partial charge is 0.301 e. The van der Waals surface area contributed by atoms with Crippen LogP contribution in [0.3, 0.4) is 0 Å². The van der Waals surface area contributed by atoms with Gasteiger partial charge in [-0.05, 0) is 45.2 Å². The summed E-state index contributed by atoms with van der Waals surface area (Å²) >= 11 is 0.